The van der Waals surface area contributed by atoms with Gasteiger partial charge < -0.3 is 0 Å². The van der Waals surface area contributed by atoms with Crippen LogP contribution in [0.15, 0.2) is 12.7 Å². The lowest BCUT2D eigenvalue weighted by atomic mass is 10.0. The van der Waals surface area contributed by atoms with Crippen LogP contribution in [0.4, 0.5) is 0 Å². The molecule has 0 aromatic heterocycles. The van der Waals surface area contributed by atoms with Crippen LogP contribution >= 0.6 is 0 Å². The molecule has 0 fully saturated rings. The van der Waals surface area contributed by atoms with E-state index in [2.05, 4.69) is 14.4 Å². The van der Waals surface area contributed by atoms with Crippen molar-refractivity contribution in [1.82, 2.24) is 0 Å². The maximum Gasteiger partial charge on any atom is 0.0865 e. The molecule has 0 aromatic rings. The predicted molar refractivity (Wildman–Crippen MR) is 31.4 cm³/mol. The first kappa shape index (κ1) is 5.80. The Hall–Kier alpha value is -0.195. The average molecular weight is 80.9 g/mol. The minimum Gasteiger partial charge on any atom is -0.103 e. The summed E-state index contributed by atoms with van der Waals surface area (Å²) in [6, 6.07) is 0. The second kappa shape index (κ2) is 4.80. The highest BCUT2D eigenvalue weighted by Gasteiger charge is 1.71. The second-order valence-electron chi connectivity index (χ2n) is 1.28. The molecule has 0 aliphatic heterocycles. The molecule has 0 bridgehead atoms. The normalized spacial score (nSPS) is 8.00. The van der Waals surface area contributed by atoms with Crippen molar-refractivity contribution >= 4 is 7.85 Å². The molecule has 33 valence electrons. The smallest absolute Gasteiger partial charge is 0.0865 e. The van der Waals surface area contributed by atoms with Crippen LogP contribution in [0.25, 0.3) is 0 Å². The van der Waals surface area contributed by atoms with Crippen molar-refractivity contribution in [1.29, 1.82) is 0 Å². The van der Waals surface area contributed by atoms with Crippen LogP contribution in [0.2, 0.25) is 6.32 Å². The van der Waals surface area contributed by atoms with Crippen molar-refractivity contribution in [3.8, 4) is 0 Å². The highest BCUT2D eigenvalue weighted by atomic mass is 13.7. The molecule has 6 heavy (non-hydrogen) atoms. The summed E-state index contributed by atoms with van der Waals surface area (Å²) in [5.41, 5.74) is 0. The highest BCUT2D eigenvalue weighted by Crippen LogP contribution is 1.90. The van der Waals surface area contributed by atoms with E-state index < -0.39 is 0 Å². The van der Waals surface area contributed by atoms with E-state index in [1.807, 2.05) is 6.08 Å². The Morgan fingerprint density at radius 3 is 2.50 bits per heavy atom. The fourth-order valence-corrected chi connectivity index (χ4v) is 0.289. The molecular formula is C5H10B. The molecule has 0 saturated carbocycles. The molecule has 0 N–H and O–H groups in total. The predicted octanol–water partition coefficient (Wildman–Crippen LogP) is 1.27. The molecule has 0 amide bonds. The van der Waals surface area contributed by atoms with Crippen molar-refractivity contribution in [2.24, 2.45) is 0 Å². The Kier molecular flexibility index (Phi) is 4.65. The van der Waals surface area contributed by atoms with Gasteiger partial charge in [-0.05, 0) is 6.42 Å². The molecule has 0 heterocycles. The van der Waals surface area contributed by atoms with Gasteiger partial charge in [0.15, 0.2) is 0 Å². The Morgan fingerprint density at radius 1 is 1.67 bits per heavy atom. The van der Waals surface area contributed by atoms with Gasteiger partial charge in [0.25, 0.3) is 0 Å². The Morgan fingerprint density at radius 2 is 2.33 bits per heavy atom. The van der Waals surface area contributed by atoms with Gasteiger partial charge in [-0.15, -0.1) is 6.58 Å². The molecular weight excluding hydrogens is 70.9 g/mol. The van der Waals surface area contributed by atoms with E-state index in [0.29, 0.717) is 0 Å². The number of hydrogen-bond donors (Lipinski definition) is 0. The van der Waals surface area contributed by atoms with Crippen molar-refractivity contribution in [3.05, 3.63) is 12.7 Å². The van der Waals surface area contributed by atoms with Gasteiger partial charge in [0, 0.05) is 0 Å². The van der Waals surface area contributed by atoms with E-state index in [-0.39, 0.29) is 0 Å². The Labute approximate surface area is 40.7 Å². The molecule has 0 spiro atoms. The lowest BCUT2D eigenvalue weighted by molar-refractivity contribution is 0.958. The molecule has 0 rings (SSSR count). The zero-order valence-corrected chi connectivity index (χ0v) is 4.11. The quantitative estimate of drug-likeness (QED) is 0.272. The maximum atomic E-state index is 3.68. The van der Waals surface area contributed by atoms with E-state index in [1.54, 1.807) is 0 Å². The minimum absolute atomic E-state index is 1.03. The maximum absolute atomic E-state index is 3.68. The number of rotatable bonds is 3. The lowest BCUT2D eigenvalue weighted by Crippen LogP contribution is -1.65. The van der Waals surface area contributed by atoms with Crippen molar-refractivity contribution in [2.45, 2.75) is 19.2 Å². The highest BCUT2D eigenvalue weighted by molar-refractivity contribution is 6.08. The first-order valence-electron chi connectivity index (χ1n) is 2.32. The lowest BCUT2D eigenvalue weighted by Gasteiger charge is -1.81. The number of allylic oxidation sites excluding steroid dienone is 1. The largest absolute Gasteiger partial charge is 0.103 e. The van der Waals surface area contributed by atoms with Crippen LogP contribution in [-0.4, -0.2) is 7.85 Å². The van der Waals surface area contributed by atoms with E-state index in [4.69, 9.17) is 0 Å². The van der Waals surface area contributed by atoms with Crippen molar-refractivity contribution in [3.63, 3.8) is 0 Å². The summed E-state index contributed by atoms with van der Waals surface area (Å²) >= 11 is 0. The van der Waals surface area contributed by atoms with Crippen molar-refractivity contribution in [2.75, 3.05) is 0 Å². The van der Waals surface area contributed by atoms with Crippen LogP contribution in [-0.2, 0) is 0 Å². The number of unbranched alkanes of at least 4 members (excludes halogenated alkanes) is 1. The SMILES string of the molecule is [BH]CCCC=C. The average Bonchev–Trinajstić information content (AvgIpc) is 1.61. The third-order valence-corrected chi connectivity index (χ3v) is 0.658. The summed E-state index contributed by atoms with van der Waals surface area (Å²) in [6.45, 7) is 3.57. The molecule has 0 aliphatic carbocycles. The summed E-state index contributed by atoms with van der Waals surface area (Å²) < 4.78 is 0. The molecule has 0 aromatic carbocycles. The van der Waals surface area contributed by atoms with Gasteiger partial charge >= 0.3 is 0 Å². The van der Waals surface area contributed by atoms with E-state index in [0.717, 1.165) is 12.7 Å². The van der Waals surface area contributed by atoms with Gasteiger partial charge in [0.2, 0.25) is 0 Å². The molecule has 0 nitrogen and oxygen atoms in total. The molecule has 0 aliphatic rings. The summed E-state index contributed by atoms with van der Waals surface area (Å²) in [5, 5.41) is 0. The Bertz CT molecular complexity index is 32.9. The van der Waals surface area contributed by atoms with Gasteiger partial charge in [-0.3, -0.25) is 0 Å². The fourth-order valence-electron chi connectivity index (χ4n) is 0.289. The zero-order chi connectivity index (χ0) is 4.83. The molecule has 0 atom stereocenters. The molecule has 0 saturated heterocycles. The molecule has 1 radical (unpaired) electrons. The first-order valence-corrected chi connectivity index (χ1v) is 2.32. The number of hydrogen-bond acceptors (Lipinski definition) is 0. The van der Waals surface area contributed by atoms with Gasteiger partial charge in [-0.25, -0.2) is 0 Å². The standard InChI is InChI=1S/C5H10B/c1-2-3-4-5-6/h2,6H,1,3-5H2. The summed E-state index contributed by atoms with van der Waals surface area (Å²) in [7, 11) is 3.68. The van der Waals surface area contributed by atoms with E-state index in [1.165, 1.54) is 6.42 Å². The van der Waals surface area contributed by atoms with E-state index in [9.17, 15) is 0 Å². The van der Waals surface area contributed by atoms with Crippen LogP contribution in [0.3, 0.4) is 0 Å². The molecule has 0 unspecified atom stereocenters. The summed E-state index contributed by atoms with van der Waals surface area (Å²) in [4.78, 5) is 0. The van der Waals surface area contributed by atoms with Gasteiger partial charge in [-0.1, -0.05) is 18.8 Å². The van der Waals surface area contributed by atoms with Gasteiger partial charge in [0.05, 0.1) is 7.85 Å². The minimum atomic E-state index is 1.03. The van der Waals surface area contributed by atoms with Crippen molar-refractivity contribution < 1.29 is 0 Å². The van der Waals surface area contributed by atoms with Gasteiger partial charge in [-0.2, -0.15) is 0 Å². The van der Waals surface area contributed by atoms with Crippen LogP contribution in [0.1, 0.15) is 12.8 Å². The summed E-state index contributed by atoms with van der Waals surface area (Å²) in [5.74, 6) is 0. The summed E-state index contributed by atoms with van der Waals surface area (Å²) in [6.07, 6.45) is 5.25. The molecule has 1 heteroatoms. The van der Waals surface area contributed by atoms with E-state index >= 15 is 0 Å². The van der Waals surface area contributed by atoms with Crippen LogP contribution < -0.4 is 0 Å². The first-order chi connectivity index (χ1) is 2.91. The fraction of sp³-hybridized carbons (Fsp3) is 0.600. The third kappa shape index (κ3) is 3.80. The topological polar surface area (TPSA) is 0 Å². The Balaban J connectivity index is 2.49. The monoisotopic (exact) mass is 81.1 g/mol. The van der Waals surface area contributed by atoms with Crippen LogP contribution in [0.5, 0.6) is 0 Å². The zero-order valence-electron chi connectivity index (χ0n) is 4.11. The second-order valence-corrected chi connectivity index (χ2v) is 1.28. The van der Waals surface area contributed by atoms with Gasteiger partial charge in [0.1, 0.15) is 0 Å². The van der Waals surface area contributed by atoms with Crippen LogP contribution in [0, 0.1) is 0 Å². The third-order valence-electron chi connectivity index (χ3n) is 0.658.